The van der Waals surface area contributed by atoms with Crippen LogP contribution < -0.4 is 5.06 Å². The van der Waals surface area contributed by atoms with Gasteiger partial charge in [-0.2, -0.15) is 14.6 Å². The van der Waals surface area contributed by atoms with Crippen LogP contribution in [0, 0.1) is 6.92 Å². The Morgan fingerprint density at radius 2 is 2.05 bits per heavy atom. The lowest BCUT2D eigenvalue weighted by Crippen LogP contribution is -2.21. The maximum atomic E-state index is 5.76. The van der Waals surface area contributed by atoms with E-state index in [1.165, 1.54) is 6.33 Å². The summed E-state index contributed by atoms with van der Waals surface area (Å²) in [7, 11) is 1.85. The molecule has 102 valence electrons. The van der Waals surface area contributed by atoms with E-state index >= 15 is 0 Å². The minimum atomic E-state index is 0.495. The Kier molecular flexibility index (Phi) is 3.30. The third-order valence-electron chi connectivity index (χ3n) is 2.95. The van der Waals surface area contributed by atoms with Gasteiger partial charge < -0.3 is 0 Å². The zero-order chi connectivity index (χ0) is 13.9. The van der Waals surface area contributed by atoms with Crippen molar-refractivity contribution in [3.8, 4) is 0 Å². The van der Waals surface area contributed by atoms with Gasteiger partial charge in [0.05, 0.1) is 6.61 Å². The summed E-state index contributed by atoms with van der Waals surface area (Å²) in [5.74, 6) is 1.36. The second-order valence-electron chi connectivity index (χ2n) is 4.48. The van der Waals surface area contributed by atoms with Crippen LogP contribution in [0.4, 0.5) is 5.82 Å². The maximum absolute atomic E-state index is 5.76. The van der Waals surface area contributed by atoms with Gasteiger partial charge in [-0.25, -0.2) is 10.0 Å². The van der Waals surface area contributed by atoms with Gasteiger partial charge in [-0.1, -0.05) is 30.3 Å². The maximum Gasteiger partial charge on any atom is 0.254 e. The number of aryl methyl sites for hydroxylation is 1. The first-order valence-corrected chi connectivity index (χ1v) is 6.32. The van der Waals surface area contributed by atoms with Gasteiger partial charge in [0.1, 0.15) is 6.33 Å². The summed E-state index contributed by atoms with van der Waals surface area (Å²) >= 11 is 0. The van der Waals surface area contributed by atoms with Crippen molar-refractivity contribution in [2.45, 2.75) is 13.5 Å². The van der Waals surface area contributed by atoms with E-state index < -0.39 is 0 Å². The number of benzene rings is 1. The zero-order valence-electron chi connectivity index (χ0n) is 11.4. The van der Waals surface area contributed by atoms with Crippen LogP contribution in [0.15, 0.2) is 42.7 Å². The van der Waals surface area contributed by atoms with E-state index in [-0.39, 0.29) is 0 Å². The van der Waals surface area contributed by atoms with Gasteiger partial charge in [-0.3, -0.25) is 4.84 Å². The summed E-state index contributed by atoms with van der Waals surface area (Å²) in [6, 6.07) is 11.9. The third kappa shape index (κ3) is 2.46. The molecule has 0 aliphatic rings. The normalized spacial score (nSPS) is 10.9. The first-order valence-electron chi connectivity index (χ1n) is 6.32. The Morgan fingerprint density at radius 3 is 2.85 bits per heavy atom. The van der Waals surface area contributed by atoms with Crippen LogP contribution in [0.1, 0.15) is 11.3 Å². The van der Waals surface area contributed by atoms with E-state index in [0.717, 1.165) is 17.1 Å². The van der Waals surface area contributed by atoms with Gasteiger partial charge >= 0.3 is 0 Å². The first kappa shape index (κ1) is 12.6. The summed E-state index contributed by atoms with van der Waals surface area (Å²) in [5.41, 5.74) is 1.98. The first-order chi connectivity index (χ1) is 9.74. The summed E-state index contributed by atoms with van der Waals surface area (Å²) in [6.07, 6.45) is 1.48. The molecule has 0 bridgehead atoms. The third-order valence-corrected chi connectivity index (χ3v) is 2.95. The van der Waals surface area contributed by atoms with Crippen LogP contribution in [0.3, 0.4) is 0 Å². The number of nitrogens with zero attached hydrogens (tertiary/aromatic N) is 5. The fourth-order valence-electron chi connectivity index (χ4n) is 1.95. The number of rotatable bonds is 4. The molecule has 0 unspecified atom stereocenters. The summed E-state index contributed by atoms with van der Waals surface area (Å²) in [6.45, 7) is 2.41. The van der Waals surface area contributed by atoms with Gasteiger partial charge in [-0.15, -0.1) is 0 Å². The molecule has 0 aliphatic heterocycles. The average Bonchev–Trinajstić information content (AvgIpc) is 2.93. The predicted octanol–water partition coefficient (Wildman–Crippen LogP) is 2.00. The molecule has 20 heavy (non-hydrogen) atoms. The largest absolute Gasteiger partial charge is 0.268 e. The molecule has 0 saturated heterocycles. The fourth-order valence-corrected chi connectivity index (χ4v) is 1.95. The second kappa shape index (κ2) is 5.26. The minimum absolute atomic E-state index is 0.495. The van der Waals surface area contributed by atoms with E-state index in [4.69, 9.17) is 4.84 Å². The van der Waals surface area contributed by atoms with Gasteiger partial charge in [-0.05, 0) is 12.5 Å². The standard InChI is InChI=1S/C14H15N5O/c1-11-8-13(19-14(17-11)15-10-16-19)18(2)20-9-12-6-4-3-5-7-12/h3-8,10H,9H2,1-2H3. The molecule has 3 aromatic rings. The zero-order valence-corrected chi connectivity index (χ0v) is 11.4. The number of hydrogen-bond donors (Lipinski definition) is 0. The average molecular weight is 269 g/mol. The highest BCUT2D eigenvalue weighted by molar-refractivity contribution is 5.44. The molecule has 0 atom stereocenters. The highest BCUT2D eigenvalue weighted by Crippen LogP contribution is 2.15. The summed E-state index contributed by atoms with van der Waals surface area (Å²) in [5, 5.41) is 5.84. The molecule has 0 radical (unpaired) electrons. The molecule has 0 spiro atoms. The van der Waals surface area contributed by atoms with E-state index in [2.05, 4.69) is 15.1 Å². The van der Waals surface area contributed by atoms with E-state index in [1.807, 2.05) is 50.4 Å². The van der Waals surface area contributed by atoms with Crippen molar-refractivity contribution in [2.24, 2.45) is 0 Å². The number of hydroxylamine groups is 1. The van der Waals surface area contributed by atoms with Crippen molar-refractivity contribution in [3.05, 3.63) is 54.0 Å². The Bertz CT molecular complexity index is 710. The SMILES string of the molecule is Cc1cc(N(C)OCc2ccccc2)n2ncnc2n1. The molecule has 0 saturated carbocycles. The van der Waals surface area contributed by atoms with Crippen LogP contribution >= 0.6 is 0 Å². The van der Waals surface area contributed by atoms with Crippen molar-refractivity contribution in [1.82, 2.24) is 19.6 Å². The quantitative estimate of drug-likeness (QED) is 0.678. The van der Waals surface area contributed by atoms with Gasteiger partial charge in [0.2, 0.25) is 0 Å². The lowest BCUT2D eigenvalue weighted by atomic mass is 10.2. The lowest BCUT2D eigenvalue weighted by molar-refractivity contribution is 0.105. The van der Waals surface area contributed by atoms with E-state index in [0.29, 0.717) is 12.4 Å². The van der Waals surface area contributed by atoms with E-state index in [1.54, 1.807) is 9.58 Å². The molecule has 2 heterocycles. The molecule has 6 heteroatoms. The van der Waals surface area contributed by atoms with Crippen LogP contribution in [0.5, 0.6) is 0 Å². The Morgan fingerprint density at radius 1 is 1.25 bits per heavy atom. The van der Waals surface area contributed by atoms with E-state index in [9.17, 15) is 0 Å². The molecule has 3 rings (SSSR count). The fraction of sp³-hybridized carbons (Fsp3) is 0.214. The number of hydrogen-bond acceptors (Lipinski definition) is 5. The van der Waals surface area contributed by atoms with Crippen LogP contribution in [-0.2, 0) is 11.4 Å². The monoisotopic (exact) mass is 269 g/mol. The number of aromatic nitrogens is 4. The predicted molar refractivity (Wildman–Crippen MR) is 75.2 cm³/mol. The van der Waals surface area contributed by atoms with Gasteiger partial charge in [0.25, 0.3) is 5.78 Å². The Labute approximate surface area is 116 Å². The molecule has 0 amide bonds. The lowest BCUT2D eigenvalue weighted by Gasteiger charge is -2.19. The highest BCUT2D eigenvalue weighted by Gasteiger charge is 2.10. The molecule has 0 N–H and O–H groups in total. The second-order valence-corrected chi connectivity index (χ2v) is 4.48. The molecule has 6 nitrogen and oxygen atoms in total. The van der Waals surface area contributed by atoms with Crippen LogP contribution in [0.2, 0.25) is 0 Å². The molecular weight excluding hydrogens is 254 g/mol. The summed E-state index contributed by atoms with van der Waals surface area (Å²) < 4.78 is 1.65. The van der Waals surface area contributed by atoms with Crippen molar-refractivity contribution in [3.63, 3.8) is 0 Å². The topological polar surface area (TPSA) is 55.6 Å². The Balaban J connectivity index is 1.82. The summed E-state index contributed by atoms with van der Waals surface area (Å²) in [4.78, 5) is 14.2. The molecular formula is C14H15N5O. The van der Waals surface area contributed by atoms with Crippen molar-refractivity contribution >= 4 is 11.6 Å². The van der Waals surface area contributed by atoms with Crippen molar-refractivity contribution in [2.75, 3.05) is 12.1 Å². The highest BCUT2D eigenvalue weighted by atomic mass is 16.7. The molecule has 0 aliphatic carbocycles. The molecule has 1 aromatic carbocycles. The van der Waals surface area contributed by atoms with Gasteiger partial charge in [0, 0.05) is 18.8 Å². The van der Waals surface area contributed by atoms with Crippen LogP contribution in [-0.4, -0.2) is 26.6 Å². The molecule has 2 aromatic heterocycles. The number of fused-ring (bicyclic) bond motifs is 1. The van der Waals surface area contributed by atoms with Crippen LogP contribution in [0.25, 0.3) is 5.78 Å². The number of anilines is 1. The van der Waals surface area contributed by atoms with Gasteiger partial charge in [0.15, 0.2) is 5.82 Å². The van der Waals surface area contributed by atoms with Crippen molar-refractivity contribution < 1.29 is 4.84 Å². The van der Waals surface area contributed by atoms with Crippen molar-refractivity contribution in [1.29, 1.82) is 0 Å². The minimum Gasteiger partial charge on any atom is -0.268 e. The molecule has 0 fully saturated rings. The smallest absolute Gasteiger partial charge is 0.254 e. The Hall–Kier alpha value is -2.47.